The van der Waals surface area contributed by atoms with Gasteiger partial charge in [-0.15, -0.1) is 5.28 Å². The molecule has 0 unspecified atom stereocenters. The highest BCUT2D eigenvalue weighted by Gasteiger charge is 1.98. The van der Waals surface area contributed by atoms with Crippen LogP contribution in [0.5, 0.6) is 0 Å². The van der Waals surface area contributed by atoms with E-state index >= 15 is 0 Å². The smallest absolute Gasteiger partial charge is 0.310 e. The first-order valence-corrected chi connectivity index (χ1v) is 6.52. The number of hydrogen-bond acceptors (Lipinski definition) is 4. The summed E-state index contributed by atoms with van der Waals surface area (Å²) in [6.07, 6.45) is -0.361. The lowest BCUT2D eigenvalue weighted by atomic mass is 10.3. The summed E-state index contributed by atoms with van der Waals surface area (Å²) in [5.41, 5.74) is 0. The molecule has 0 atom stereocenters. The predicted molar refractivity (Wildman–Crippen MR) is 68.6 cm³/mol. The Bertz CT molecular complexity index is 219. The Morgan fingerprint density at radius 2 is 1.06 bits per heavy atom. The maximum atomic E-state index is 9.87. The third kappa shape index (κ3) is 397. The predicted octanol–water partition coefficient (Wildman–Crippen LogP) is 0.290. The Morgan fingerprint density at radius 3 is 1.06 bits per heavy atom. The maximum Gasteiger partial charge on any atom is 0.310 e. The number of hydrogen-bond donors (Lipinski definition) is 3. The molecule has 0 radical (unpaired) electrons. The Hall–Kier alpha value is -1.39. The molecule has 3 N–H and O–H groups in total. The van der Waals surface area contributed by atoms with Gasteiger partial charge in [-0.2, -0.15) is 0 Å². The second-order valence-corrected chi connectivity index (χ2v) is 4.43. The fourth-order valence-electron chi connectivity index (χ4n) is 0.213. The zero-order chi connectivity index (χ0) is 15.7. The molecule has 0 heterocycles. The molecule has 7 nitrogen and oxygen atoms in total. The van der Waals surface area contributed by atoms with Crippen LogP contribution in [0.25, 0.3) is 0 Å². The van der Waals surface area contributed by atoms with Gasteiger partial charge < -0.3 is 15.3 Å². The molecule has 0 aromatic rings. The van der Waals surface area contributed by atoms with Crippen LogP contribution in [0.4, 0.5) is 0 Å². The summed E-state index contributed by atoms with van der Waals surface area (Å²) in [5.74, 6) is -3.04. The van der Waals surface area contributed by atoms with Gasteiger partial charge in [0.1, 0.15) is 12.2 Å². The SMILES string of the molecule is CC(=O)CC(=O)O.CC(=O)O.CC(=O)O.C[CH2][AlH2]. The molecule has 0 rings (SSSR count). The zero-order valence-corrected chi connectivity index (χ0v) is 13.4. The average Bonchev–Trinajstić information content (AvgIpc) is 1.98. The summed E-state index contributed by atoms with van der Waals surface area (Å²) in [6.45, 7) is 5.60. The summed E-state index contributed by atoms with van der Waals surface area (Å²) in [5, 5.41) is 24.1. The van der Waals surface area contributed by atoms with Crippen molar-refractivity contribution in [2.24, 2.45) is 0 Å². The number of Topliss-reactive ketones (excluding diaryl/α,β-unsaturated/α-hetero) is 1. The lowest BCUT2D eigenvalue weighted by Gasteiger charge is -1.80. The van der Waals surface area contributed by atoms with E-state index in [9.17, 15) is 9.59 Å². The van der Waals surface area contributed by atoms with Gasteiger partial charge in [0.15, 0.2) is 0 Å². The number of carbonyl (C=O) groups is 4. The highest BCUT2D eigenvalue weighted by Crippen LogP contribution is 1.77. The lowest BCUT2D eigenvalue weighted by Crippen LogP contribution is -2.00. The second kappa shape index (κ2) is 21.0. The number of carboxylic acids is 3. The first-order chi connectivity index (χ1) is 8.00. The molecule has 0 aromatic heterocycles. The van der Waals surface area contributed by atoms with Crippen molar-refractivity contribution in [3.05, 3.63) is 0 Å². The highest BCUT2D eigenvalue weighted by atomic mass is 27.0. The summed E-state index contributed by atoms with van der Waals surface area (Å²) < 4.78 is 0. The Labute approximate surface area is 114 Å². The van der Waals surface area contributed by atoms with E-state index in [-0.39, 0.29) is 12.2 Å². The molecule has 0 aromatic carbocycles. The van der Waals surface area contributed by atoms with E-state index in [4.69, 9.17) is 24.9 Å². The molecule has 0 saturated carbocycles. The Balaban J connectivity index is -0.0000000775. The van der Waals surface area contributed by atoms with E-state index < -0.39 is 17.9 Å². The fraction of sp³-hybridized carbons (Fsp3) is 0.600. The molecular weight excluding hydrogens is 259 g/mol. The zero-order valence-electron chi connectivity index (χ0n) is 11.4. The van der Waals surface area contributed by atoms with Gasteiger partial charge in [0.25, 0.3) is 11.9 Å². The second-order valence-electron chi connectivity index (χ2n) is 3.02. The van der Waals surface area contributed by atoms with Crippen LogP contribution in [0.15, 0.2) is 0 Å². The molecule has 8 heteroatoms. The van der Waals surface area contributed by atoms with E-state index in [1.165, 1.54) is 28.5 Å². The van der Waals surface area contributed by atoms with Crippen molar-refractivity contribution in [1.29, 1.82) is 0 Å². The third-order valence-corrected chi connectivity index (χ3v) is 0.400. The number of ketones is 1. The normalized spacial score (nSPS) is 6.89. The molecule has 0 bridgehead atoms. The molecule has 0 fully saturated rings. The number of aliphatic carboxylic acids is 3. The largest absolute Gasteiger partial charge is 0.481 e. The van der Waals surface area contributed by atoms with Gasteiger partial charge in [0.05, 0.1) is 0 Å². The van der Waals surface area contributed by atoms with Crippen molar-refractivity contribution < 1.29 is 34.5 Å². The lowest BCUT2D eigenvalue weighted by molar-refractivity contribution is -0.140. The van der Waals surface area contributed by atoms with E-state index in [1.807, 2.05) is 0 Å². The first-order valence-electron chi connectivity index (χ1n) is 5.11. The van der Waals surface area contributed by atoms with Crippen molar-refractivity contribution in [3.8, 4) is 0 Å². The van der Waals surface area contributed by atoms with Crippen molar-refractivity contribution in [2.75, 3.05) is 0 Å². The minimum absolute atomic E-state index is 0.312. The minimum Gasteiger partial charge on any atom is -0.481 e. The van der Waals surface area contributed by atoms with Gasteiger partial charge >= 0.3 is 5.97 Å². The van der Waals surface area contributed by atoms with Gasteiger partial charge in [-0.1, -0.05) is 6.92 Å². The van der Waals surface area contributed by atoms with E-state index in [0.29, 0.717) is 0 Å². The van der Waals surface area contributed by atoms with E-state index in [1.54, 1.807) is 0 Å². The molecule has 0 aliphatic heterocycles. The van der Waals surface area contributed by atoms with Gasteiger partial charge in [-0.3, -0.25) is 19.2 Å². The van der Waals surface area contributed by atoms with Crippen molar-refractivity contribution in [3.63, 3.8) is 0 Å². The minimum atomic E-state index is -1.06. The third-order valence-electron chi connectivity index (χ3n) is 0.400. The van der Waals surface area contributed by atoms with Crippen LogP contribution in [0.3, 0.4) is 0 Å². The first kappa shape index (κ1) is 25.5. The van der Waals surface area contributed by atoms with Crippen LogP contribution in [0, 0.1) is 0 Å². The summed E-state index contributed by atoms with van der Waals surface area (Å²) in [7, 11) is 0. The molecule has 18 heavy (non-hydrogen) atoms. The highest BCUT2D eigenvalue weighted by molar-refractivity contribution is 6.08. The fourth-order valence-corrected chi connectivity index (χ4v) is 0.213. The van der Waals surface area contributed by atoms with Gasteiger partial charge in [0.2, 0.25) is 16.3 Å². The summed E-state index contributed by atoms with van der Waals surface area (Å²) in [6, 6.07) is 0. The van der Waals surface area contributed by atoms with Crippen LogP contribution in [0.2, 0.25) is 5.28 Å². The summed E-state index contributed by atoms with van der Waals surface area (Å²) in [4.78, 5) is 37.5. The van der Waals surface area contributed by atoms with Gasteiger partial charge in [0, 0.05) is 13.8 Å². The molecule has 106 valence electrons. The standard InChI is InChI=1S/C4H6O3.2C2H4O2.C2H5.Al.2H/c1-3(5)2-4(6)7;2*1-2(3)4;1-2;;;/h2H2,1H3,(H,6,7);2*1H3,(H,3,4);1H2,2H3;;;. The Morgan fingerprint density at radius 1 is 0.889 bits per heavy atom. The quantitative estimate of drug-likeness (QED) is 0.489. The van der Waals surface area contributed by atoms with E-state index in [2.05, 4.69) is 6.92 Å². The van der Waals surface area contributed by atoms with Crippen molar-refractivity contribution in [2.45, 2.75) is 39.4 Å². The number of carbonyl (C=O) groups excluding carboxylic acids is 1. The number of carboxylic acid groups (broad SMARTS) is 3. The molecular formula is C10H21AlO7. The van der Waals surface area contributed by atoms with Gasteiger partial charge in [-0.25, -0.2) is 0 Å². The van der Waals surface area contributed by atoms with Crippen LogP contribution < -0.4 is 0 Å². The molecule has 0 aliphatic carbocycles. The van der Waals surface area contributed by atoms with Crippen LogP contribution in [-0.4, -0.2) is 55.3 Å². The molecule has 0 saturated heterocycles. The van der Waals surface area contributed by atoms with Crippen LogP contribution in [0.1, 0.15) is 34.1 Å². The monoisotopic (exact) mass is 280 g/mol. The van der Waals surface area contributed by atoms with Gasteiger partial charge in [-0.05, 0) is 6.92 Å². The number of rotatable bonds is 2. The van der Waals surface area contributed by atoms with Crippen LogP contribution in [-0.2, 0) is 19.2 Å². The topological polar surface area (TPSA) is 129 Å². The molecule has 0 spiro atoms. The van der Waals surface area contributed by atoms with Crippen molar-refractivity contribution in [1.82, 2.24) is 0 Å². The average molecular weight is 280 g/mol. The Kier molecular flexibility index (Phi) is 29.6. The maximum absolute atomic E-state index is 9.87. The van der Waals surface area contributed by atoms with E-state index in [0.717, 1.165) is 13.8 Å². The molecule has 0 aliphatic rings. The van der Waals surface area contributed by atoms with Crippen molar-refractivity contribution >= 4 is 40.0 Å². The van der Waals surface area contributed by atoms with Crippen LogP contribution >= 0.6 is 0 Å². The summed E-state index contributed by atoms with van der Waals surface area (Å²) >= 11 is 1.37. The molecule has 0 amide bonds.